The highest BCUT2D eigenvalue weighted by Crippen LogP contribution is 2.46. The van der Waals surface area contributed by atoms with Crippen molar-refractivity contribution in [2.24, 2.45) is 4.99 Å². The van der Waals surface area contributed by atoms with E-state index in [2.05, 4.69) is 184 Å². The first kappa shape index (κ1) is 27.0. The molecule has 0 bridgehead atoms. The summed E-state index contributed by atoms with van der Waals surface area (Å²) < 4.78 is 4.82. The van der Waals surface area contributed by atoms with Gasteiger partial charge in [0.05, 0.1) is 22.1 Å². The molecule has 1 aliphatic heterocycles. The molecule has 48 heavy (non-hydrogen) atoms. The SMILES string of the molecule is c1ccc(C2N=C(n3c4ccccc4c4c5ccccc5c5c6ccccc6n(-c6ccccc6)c5c43)NC(c3ccccc3)N2)cc1. The van der Waals surface area contributed by atoms with E-state index in [1.54, 1.807) is 0 Å². The van der Waals surface area contributed by atoms with Crippen LogP contribution in [0.1, 0.15) is 23.5 Å². The van der Waals surface area contributed by atoms with Crippen molar-refractivity contribution in [2.75, 3.05) is 0 Å². The second-order valence-electron chi connectivity index (χ2n) is 12.5. The molecule has 7 aromatic carbocycles. The van der Waals surface area contributed by atoms with Gasteiger partial charge in [-0.05, 0) is 46.2 Å². The highest BCUT2D eigenvalue weighted by molar-refractivity contribution is 6.37. The van der Waals surface area contributed by atoms with E-state index in [0.717, 1.165) is 33.8 Å². The van der Waals surface area contributed by atoms with Gasteiger partial charge in [0.1, 0.15) is 12.3 Å². The Kier molecular flexibility index (Phi) is 6.01. The first-order valence-corrected chi connectivity index (χ1v) is 16.5. The van der Waals surface area contributed by atoms with Gasteiger partial charge in [0, 0.05) is 27.2 Å². The summed E-state index contributed by atoms with van der Waals surface area (Å²) >= 11 is 0. The van der Waals surface area contributed by atoms with Gasteiger partial charge in [-0.1, -0.05) is 140 Å². The van der Waals surface area contributed by atoms with Gasteiger partial charge in [-0.2, -0.15) is 0 Å². The van der Waals surface area contributed by atoms with Crippen LogP contribution in [0.15, 0.2) is 169 Å². The molecule has 2 aromatic heterocycles. The molecule has 0 saturated carbocycles. The lowest BCUT2D eigenvalue weighted by Crippen LogP contribution is -2.47. The number of nitrogens with zero attached hydrogens (tertiary/aromatic N) is 3. The van der Waals surface area contributed by atoms with Crippen LogP contribution in [0.25, 0.3) is 60.1 Å². The highest BCUT2D eigenvalue weighted by atomic mass is 15.4. The Morgan fingerprint density at radius 3 is 1.50 bits per heavy atom. The Hall–Kier alpha value is -6.17. The summed E-state index contributed by atoms with van der Waals surface area (Å²) in [6.45, 7) is 0. The van der Waals surface area contributed by atoms with E-state index < -0.39 is 0 Å². The molecule has 228 valence electrons. The van der Waals surface area contributed by atoms with Crippen LogP contribution in [-0.4, -0.2) is 15.1 Å². The van der Waals surface area contributed by atoms with Crippen LogP contribution in [0.2, 0.25) is 0 Å². The Morgan fingerprint density at radius 2 is 0.896 bits per heavy atom. The molecule has 1 aliphatic rings. The summed E-state index contributed by atoms with van der Waals surface area (Å²) in [4.78, 5) is 5.46. The zero-order valence-electron chi connectivity index (χ0n) is 26.1. The van der Waals surface area contributed by atoms with E-state index in [9.17, 15) is 0 Å². The van der Waals surface area contributed by atoms with Gasteiger partial charge in [0.25, 0.3) is 0 Å². The van der Waals surface area contributed by atoms with E-state index in [1.165, 1.54) is 43.4 Å². The van der Waals surface area contributed by atoms with Gasteiger partial charge in [-0.15, -0.1) is 0 Å². The zero-order valence-corrected chi connectivity index (χ0v) is 26.1. The van der Waals surface area contributed by atoms with Crippen molar-refractivity contribution in [3.05, 3.63) is 175 Å². The van der Waals surface area contributed by atoms with Crippen molar-refractivity contribution in [1.82, 2.24) is 19.8 Å². The quantitative estimate of drug-likeness (QED) is 0.207. The summed E-state index contributed by atoms with van der Waals surface area (Å²) in [6.07, 6.45) is -0.407. The summed E-state index contributed by atoms with van der Waals surface area (Å²) in [5.74, 6) is 0.809. The van der Waals surface area contributed by atoms with Crippen LogP contribution in [0, 0.1) is 0 Å². The summed E-state index contributed by atoms with van der Waals surface area (Å²) in [6, 6.07) is 58.3. The van der Waals surface area contributed by atoms with Crippen molar-refractivity contribution in [3.63, 3.8) is 0 Å². The van der Waals surface area contributed by atoms with Crippen LogP contribution < -0.4 is 10.6 Å². The maximum absolute atomic E-state index is 5.46. The zero-order chi connectivity index (χ0) is 31.6. The molecule has 0 fully saturated rings. The van der Waals surface area contributed by atoms with E-state index in [-0.39, 0.29) is 12.3 Å². The van der Waals surface area contributed by atoms with Crippen LogP contribution in [0.4, 0.5) is 0 Å². The number of aliphatic imine (C=N–C) groups is 1. The van der Waals surface area contributed by atoms with E-state index >= 15 is 0 Å². The maximum atomic E-state index is 5.46. The lowest BCUT2D eigenvalue weighted by atomic mass is 9.98. The van der Waals surface area contributed by atoms with Crippen LogP contribution in [0.3, 0.4) is 0 Å². The number of nitrogens with one attached hydrogen (secondary N) is 2. The van der Waals surface area contributed by atoms with Crippen LogP contribution in [0.5, 0.6) is 0 Å². The summed E-state index contributed by atoms with van der Waals surface area (Å²) in [5, 5.41) is 15.0. The van der Waals surface area contributed by atoms with Crippen LogP contribution in [-0.2, 0) is 0 Å². The fourth-order valence-electron chi connectivity index (χ4n) is 7.74. The molecule has 0 amide bonds. The van der Waals surface area contributed by atoms with Crippen molar-refractivity contribution in [1.29, 1.82) is 0 Å². The minimum atomic E-state index is -0.250. The molecule has 10 rings (SSSR count). The number of para-hydroxylation sites is 3. The molecule has 2 atom stereocenters. The van der Waals surface area contributed by atoms with Crippen LogP contribution >= 0.6 is 0 Å². The van der Waals surface area contributed by atoms with Crippen molar-refractivity contribution in [2.45, 2.75) is 12.3 Å². The third-order valence-electron chi connectivity index (χ3n) is 9.76. The molecular weight excluding hydrogens is 587 g/mol. The minimum absolute atomic E-state index is 0.156. The van der Waals surface area contributed by atoms with Gasteiger partial charge in [-0.25, -0.2) is 4.99 Å². The van der Waals surface area contributed by atoms with Gasteiger partial charge in [0.15, 0.2) is 0 Å². The maximum Gasteiger partial charge on any atom is 0.206 e. The largest absolute Gasteiger partial charge is 0.336 e. The molecule has 2 unspecified atom stereocenters. The predicted octanol–water partition coefficient (Wildman–Crippen LogP) is 9.84. The lowest BCUT2D eigenvalue weighted by molar-refractivity contribution is 0.403. The predicted molar refractivity (Wildman–Crippen MR) is 199 cm³/mol. The lowest BCUT2D eigenvalue weighted by Gasteiger charge is -2.32. The third kappa shape index (κ3) is 3.98. The third-order valence-corrected chi connectivity index (χ3v) is 9.76. The number of rotatable bonds is 3. The molecule has 2 N–H and O–H groups in total. The summed E-state index contributed by atoms with van der Waals surface area (Å²) in [7, 11) is 0. The molecule has 0 aliphatic carbocycles. The molecule has 5 heteroatoms. The van der Waals surface area contributed by atoms with E-state index in [0.29, 0.717) is 0 Å². The number of hydrogen-bond acceptors (Lipinski definition) is 3. The summed E-state index contributed by atoms with van der Waals surface area (Å²) in [5.41, 5.74) is 7.99. The molecule has 9 aromatic rings. The van der Waals surface area contributed by atoms with Gasteiger partial charge < -0.3 is 9.88 Å². The Morgan fingerprint density at radius 1 is 0.438 bits per heavy atom. The fourth-order valence-corrected chi connectivity index (χ4v) is 7.74. The second kappa shape index (κ2) is 10.7. The molecule has 0 radical (unpaired) electrons. The van der Waals surface area contributed by atoms with Crippen molar-refractivity contribution < 1.29 is 0 Å². The minimum Gasteiger partial charge on any atom is -0.336 e. The molecule has 0 spiro atoms. The molecule has 5 nitrogen and oxygen atoms in total. The monoisotopic (exact) mass is 617 g/mol. The van der Waals surface area contributed by atoms with E-state index in [1.807, 2.05) is 0 Å². The molecular formula is C43H31N5. The highest BCUT2D eigenvalue weighted by Gasteiger charge is 2.30. The fraction of sp³-hybridized carbons (Fsp3) is 0.0465. The first-order valence-electron chi connectivity index (χ1n) is 16.5. The second-order valence-corrected chi connectivity index (χ2v) is 12.5. The molecule has 0 saturated heterocycles. The van der Waals surface area contributed by atoms with Crippen molar-refractivity contribution in [3.8, 4) is 5.69 Å². The number of aromatic nitrogens is 2. The standard InChI is InChI=1S/C43H31N5/c1-4-16-28(17-5-1)41-44-42(29-18-6-2-7-19-29)46-43(45-41)48-36-27-15-13-25-34(36)38-32-23-11-10-22-31(32)37-33-24-12-14-26-35(33)47(39(37)40(38)48)30-20-8-3-9-21-30/h1-27,41-42,44H,(H,45,46). The molecule has 3 heterocycles. The average Bonchev–Trinajstić information content (AvgIpc) is 3.70. The van der Waals surface area contributed by atoms with Gasteiger partial charge >= 0.3 is 0 Å². The first-order chi connectivity index (χ1) is 23.8. The Balaban J connectivity index is 1.40. The van der Waals surface area contributed by atoms with E-state index in [4.69, 9.17) is 4.99 Å². The Bertz CT molecular complexity index is 2670. The van der Waals surface area contributed by atoms with Gasteiger partial charge in [-0.3, -0.25) is 9.88 Å². The number of fused-ring (bicyclic) bond motifs is 10. The smallest absolute Gasteiger partial charge is 0.206 e. The topological polar surface area (TPSA) is 46.3 Å². The normalized spacial score (nSPS) is 16.5. The average molecular weight is 618 g/mol. The number of benzene rings is 7. The Labute approximate surface area is 277 Å². The number of hydrogen-bond donors (Lipinski definition) is 2. The van der Waals surface area contributed by atoms with Gasteiger partial charge in [0.2, 0.25) is 5.96 Å². The van der Waals surface area contributed by atoms with Crippen molar-refractivity contribution >= 4 is 60.3 Å².